The van der Waals surface area contributed by atoms with Crippen molar-refractivity contribution in [1.29, 1.82) is 0 Å². The van der Waals surface area contributed by atoms with Crippen LogP contribution in [-0.4, -0.2) is 18.5 Å². The van der Waals surface area contributed by atoms with Gasteiger partial charge < -0.3 is 9.53 Å². The van der Waals surface area contributed by atoms with E-state index in [1.807, 2.05) is 34.6 Å². The summed E-state index contributed by atoms with van der Waals surface area (Å²) >= 11 is 0. The van der Waals surface area contributed by atoms with Crippen molar-refractivity contribution in [2.24, 2.45) is 5.92 Å². The van der Waals surface area contributed by atoms with Crippen molar-refractivity contribution < 1.29 is 9.53 Å². The van der Waals surface area contributed by atoms with Crippen LogP contribution in [0.25, 0.3) is 0 Å². The van der Waals surface area contributed by atoms with Crippen LogP contribution in [0.2, 0.25) is 0 Å². The highest BCUT2D eigenvalue weighted by Gasteiger charge is 2.32. The molecule has 0 aromatic carbocycles. The second-order valence-electron chi connectivity index (χ2n) is 5.04. The monoisotopic (exact) mass is 242 g/mol. The second kappa shape index (κ2) is 13.2. The molecule has 0 aromatic heterocycles. The average Bonchev–Trinajstić information content (AvgIpc) is 2.82. The molecule has 0 saturated carbocycles. The van der Waals surface area contributed by atoms with Crippen molar-refractivity contribution in [1.82, 2.24) is 0 Å². The van der Waals surface area contributed by atoms with E-state index in [4.69, 9.17) is 4.74 Å². The van der Waals surface area contributed by atoms with Gasteiger partial charge in [-0.05, 0) is 34.6 Å². The third kappa shape index (κ3) is 69.6. The Morgan fingerprint density at radius 2 is 1.47 bits per heavy atom. The number of rotatable bonds is 1. The summed E-state index contributed by atoms with van der Waals surface area (Å²) in [4.78, 5) is 9.50. The van der Waals surface area contributed by atoms with Gasteiger partial charge in [0, 0.05) is 5.92 Å². The van der Waals surface area contributed by atoms with Crippen LogP contribution in [-0.2, 0) is 9.53 Å². The van der Waals surface area contributed by atoms with Crippen molar-refractivity contribution >= 4 is 6.29 Å². The van der Waals surface area contributed by atoms with Crippen LogP contribution in [0.4, 0.5) is 0 Å². The molecule has 0 radical (unpaired) electrons. The molecule has 0 amide bonds. The number of carbonyl (C=O) groups excluding carboxylic acids is 1. The van der Waals surface area contributed by atoms with Gasteiger partial charge >= 0.3 is 0 Å². The number of hydrogen-bond acceptors (Lipinski definition) is 2. The number of epoxide rings is 1. The third-order valence-corrected chi connectivity index (χ3v) is 0.994. The van der Waals surface area contributed by atoms with Gasteiger partial charge in [-0.15, -0.1) is 13.2 Å². The maximum atomic E-state index is 9.50. The highest BCUT2D eigenvalue weighted by atomic mass is 16.6. The Morgan fingerprint density at radius 1 is 1.35 bits per heavy atom. The minimum Gasteiger partial charge on any atom is -0.370 e. The fraction of sp³-hybridized carbons (Fsp3) is 0.667. The lowest BCUT2D eigenvalue weighted by Crippen LogP contribution is -1.90. The van der Waals surface area contributed by atoms with E-state index in [1.165, 1.54) is 5.57 Å². The largest absolute Gasteiger partial charge is 0.370 e. The highest BCUT2D eigenvalue weighted by Crippen LogP contribution is 2.23. The average molecular weight is 242 g/mol. The number of ether oxygens (including phenoxy) is 1. The first-order chi connectivity index (χ1) is 7.62. The van der Waals surface area contributed by atoms with Crippen molar-refractivity contribution in [3.05, 3.63) is 24.8 Å². The number of aldehydes is 1. The molecule has 17 heavy (non-hydrogen) atoms. The summed E-state index contributed by atoms with van der Waals surface area (Å²) in [5.41, 5.74) is 1.42. The van der Waals surface area contributed by atoms with Crippen LogP contribution in [0.3, 0.4) is 0 Å². The molecule has 2 nitrogen and oxygen atoms in total. The van der Waals surface area contributed by atoms with Gasteiger partial charge in [0.2, 0.25) is 0 Å². The van der Waals surface area contributed by atoms with Gasteiger partial charge in [-0.25, -0.2) is 0 Å². The molecule has 1 rings (SSSR count). The maximum Gasteiger partial charge on any atom is 0.122 e. The van der Waals surface area contributed by atoms with E-state index in [0.29, 0.717) is 0 Å². The zero-order valence-corrected chi connectivity index (χ0v) is 12.7. The minimum atomic E-state index is 0.204. The van der Waals surface area contributed by atoms with Gasteiger partial charge in [0.1, 0.15) is 6.29 Å². The molecule has 2 heteroatoms. The van der Waals surface area contributed by atoms with Crippen molar-refractivity contribution in [2.45, 2.75) is 54.1 Å². The summed E-state index contributed by atoms with van der Waals surface area (Å²) in [6.07, 6.45) is 2.67. The molecular weight excluding hydrogens is 212 g/mol. The lowest BCUT2D eigenvalue weighted by molar-refractivity contribution is -0.110. The van der Waals surface area contributed by atoms with Crippen LogP contribution in [0.15, 0.2) is 24.8 Å². The highest BCUT2D eigenvalue weighted by molar-refractivity contribution is 5.51. The molecule has 1 aliphatic rings. The fourth-order valence-corrected chi connectivity index (χ4v) is 0.144. The van der Waals surface area contributed by atoms with Gasteiger partial charge in [0.15, 0.2) is 0 Å². The van der Waals surface area contributed by atoms with E-state index in [0.717, 1.165) is 12.9 Å². The summed E-state index contributed by atoms with van der Waals surface area (Å²) in [6, 6.07) is 0. The Labute approximate surface area is 108 Å². The third-order valence-electron chi connectivity index (χ3n) is 0.994. The molecule has 1 aliphatic heterocycles. The molecule has 102 valence electrons. The van der Waals surface area contributed by atoms with Crippen LogP contribution < -0.4 is 0 Å². The molecule has 0 atom stereocenters. The van der Waals surface area contributed by atoms with Gasteiger partial charge in [0.25, 0.3) is 0 Å². The predicted molar refractivity (Wildman–Crippen MR) is 77.3 cm³/mol. The Hall–Kier alpha value is -0.890. The molecule has 1 heterocycles. The standard InChI is InChI=1S/2C4H8O.C4H8.C3H6/c1-4(2)3-5-4;1-4(2)3-5;1-4(2)3;1-3-2/h3H2,1-2H3;3-4H,1-2H3;1H2,2-3H3;3H,1H2,2H3. The number of hydrogen-bond donors (Lipinski definition) is 0. The number of carbonyl (C=O) groups is 1. The predicted octanol–water partition coefficient (Wildman–Crippen LogP) is 4.41. The van der Waals surface area contributed by atoms with Gasteiger partial charge in [-0.1, -0.05) is 25.5 Å². The Kier molecular flexibility index (Phi) is 16.6. The topological polar surface area (TPSA) is 29.6 Å². The lowest BCUT2D eigenvalue weighted by atomic mass is 10.3. The quantitative estimate of drug-likeness (QED) is 0.387. The summed E-state index contributed by atoms with van der Waals surface area (Å²) in [5.74, 6) is 0.204. The first-order valence-electron chi connectivity index (χ1n) is 5.91. The van der Waals surface area contributed by atoms with Crippen molar-refractivity contribution in [3.8, 4) is 0 Å². The molecule has 0 unspecified atom stereocenters. The summed E-state index contributed by atoms with van der Waals surface area (Å²) in [6.45, 7) is 21.6. The van der Waals surface area contributed by atoms with Gasteiger partial charge in [0.05, 0.1) is 12.2 Å². The molecular formula is C15H30O2. The lowest BCUT2D eigenvalue weighted by Gasteiger charge is -1.81. The summed E-state index contributed by atoms with van der Waals surface area (Å²) in [7, 11) is 0. The first-order valence-corrected chi connectivity index (χ1v) is 5.91. The van der Waals surface area contributed by atoms with Gasteiger partial charge in [-0.3, -0.25) is 0 Å². The SMILES string of the molecule is C=C(C)C.C=CC.CC(C)C=O.CC1(C)CO1. The Bertz CT molecular complexity index is 193. The van der Waals surface area contributed by atoms with Gasteiger partial charge in [-0.2, -0.15) is 0 Å². The fourth-order valence-electron chi connectivity index (χ4n) is 0.144. The maximum absolute atomic E-state index is 9.50. The number of allylic oxidation sites excluding steroid dienone is 2. The van der Waals surface area contributed by atoms with Crippen molar-refractivity contribution in [2.75, 3.05) is 6.61 Å². The molecule has 0 aliphatic carbocycles. The van der Waals surface area contributed by atoms with Crippen LogP contribution in [0.5, 0.6) is 0 Å². The Balaban J connectivity index is -0.000000157. The molecule has 1 saturated heterocycles. The molecule has 1 fully saturated rings. The van der Waals surface area contributed by atoms with E-state index in [2.05, 4.69) is 27.0 Å². The van der Waals surface area contributed by atoms with Crippen LogP contribution in [0, 0.1) is 5.92 Å². The van der Waals surface area contributed by atoms with E-state index >= 15 is 0 Å². The van der Waals surface area contributed by atoms with Crippen molar-refractivity contribution in [3.63, 3.8) is 0 Å². The smallest absolute Gasteiger partial charge is 0.122 e. The van der Waals surface area contributed by atoms with E-state index in [1.54, 1.807) is 6.08 Å². The zero-order chi connectivity index (χ0) is 14.5. The van der Waals surface area contributed by atoms with E-state index < -0.39 is 0 Å². The minimum absolute atomic E-state index is 0.204. The second-order valence-corrected chi connectivity index (χ2v) is 5.04. The van der Waals surface area contributed by atoms with Crippen LogP contribution in [0.1, 0.15) is 48.5 Å². The summed E-state index contributed by atoms with van der Waals surface area (Å²) < 4.78 is 4.90. The first kappa shape index (κ1) is 21.4. The normalized spacial score (nSPS) is 13.6. The summed E-state index contributed by atoms with van der Waals surface area (Å²) in [5, 5.41) is 0. The van der Waals surface area contributed by atoms with E-state index in [9.17, 15) is 4.79 Å². The molecule has 0 bridgehead atoms. The Morgan fingerprint density at radius 3 is 1.47 bits per heavy atom. The molecule has 0 N–H and O–H groups in total. The van der Waals surface area contributed by atoms with Crippen LogP contribution >= 0.6 is 0 Å². The molecule has 0 spiro atoms. The zero-order valence-electron chi connectivity index (χ0n) is 12.7. The molecule has 0 aromatic rings. The van der Waals surface area contributed by atoms with E-state index in [-0.39, 0.29) is 11.5 Å².